The zero-order valence-electron chi connectivity index (χ0n) is 21.6. The molecule has 0 unspecified atom stereocenters. The Morgan fingerprint density at radius 2 is 1.71 bits per heavy atom. The number of rotatable bonds is 12. The maximum absolute atomic E-state index is 13.5. The van der Waals surface area contributed by atoms with E-state index in [2.05, 4.69) is 11.4 Å². The molecule has 1 atom stereocenters. The molecule has 2 aromatic carbocycles. The molecule has 190 valence electrons. The highest BCUT2D eigenvalue weighted by atomic mass is 16.5. The normalized spacial score (nSPS) is 14.4. The van der Waals surface area contributed by atoms with E-state index in [0.717, 1.165) is 42.4 Å². The maximum Gasteiger partial charge on any atom is 0.242 e. The minimum atomic E-state index is -0.539. The fourth-order valence-electron chi connectivity index (χ4n) is 4.63. The Morgan fingerprint density at radius 3 is 2.40 bits per heavy atom. The number of aryl methyl sites for hydroxylation is 2. The lowest BCUT2D eigenvalue weighted by Gasteiger charge is -2.30. The second-order valence-electron chi connectivity index (χ2n) is 9.32. The Balaban J connectivity index is 1.72. The molecule has 0 aromatic heterocycles. The molecule has 1 fully saturated rings. The van der Waals surface area contributed by atoms with Crippen LogP contribution in [0.5, 0.6) is 11.5 Å². The number of carbonyl (C=O) groups is 2. The van der Waals surface area contributed by atoms with Crippen molar-refractivity contribution in [3.05, 3.63) is 59.2 Å². The number of amides is 2. The van der Waals surface area contributed by atoms with Crippen LogP contribution in [0.3, 0.4) is 0 Å². The molecule has 0 saturated heterocycles. The van der Waals surface area contributed by atoms with E-state index in [0.29, 0.717) is 44.1 Å². The molecular formula is C29H40N2O4. The van der Waals surface area contributed by atoms with Crippen molar-refractivity contribution in [2.24, 2.45) is 0 Å². The van der Waals surface area contributed by atoms with Crippen molar-refractivity contribution in [2.75, 3.05) is 13.2 Å². The fourth-order valence-corrected chi connectivity index (χ4v) is 4.63. The molecule has 6 heteroatoms. The van der Waals surface area contributed by atoms with Crippen molar-refractivity contribution in [3.63, 3.8) is 0 Å². The van der Waals surface area contributed by atoms with Gasteiger partial charge in [0.15, 0.2) is 11.5 Å². The Bertz CT molecular complexity index is 984. The molecular weight excluding hydrogens is 440 g/mol. The van der Waals surface area contributed by atoms with Gasteiger partial charge >= 0.3 is 0 Å². The van der Waals surface area contributed by atoms with Gasteiger partial charge in [0, 0.05) is 19.0 Å². The average Bonchev–Trinajstić information content (AvgIpc) is 3.35. The van der Waals surface area contributed by atoms with Crippen LogP contribution in [0.15, 0.2) is 42.5 Å². The molecule has 1 aliphatic carbocycles. The summed E-state index contributed by atoms with van der Waals surface area (Å²) in [6.45, 7) is 9.26. The number of ether oxygens (including phenoxy) is 2. The van der Waals surface area contributed by atoms with E-state index in [-0.39, 0.29) is 17.9 Å². The summed E-state index contributed by atoms with van der Waals surface area (Å²) in [5, 5.41) is 3.16. The van der Waals surface area contributed by atoms with Crippen LogP contribution in [0.4, 0.5) is 0 Å². The minimum absolute atomic E-state index is 0.0348. The van der Waals surface area contributed by atoms with Gasteiger partial charge in [-0.3, -0.25) is 9.59 Å². The molecule has 0 aliphatic heterocycles. The van der Waals surface area contributed by atoms with Gasteiger partial charge in [0.05, 0.1) is 13.2 Å². The number of hydrogen-bond acceptors (Lipinski definition) is 4. The van der Waals surface area contributed by atoms with Crippen LogP contribution in [0, 0.1) is 6.92 Å². The molecule has 0 heterocycles. The van der Waals surface area contributed by atoms with E-state index in [9.17, 15) is 9.59 Å². The van der Waals surface area contributed by atoms with E-state index < -0.39 is 6.04 Å². The third kappa shape index (κ3) is 7.74. The van der Waals surface area contributed by atoms with Gasteiger partial charge < -0.3 is 19.7 Å². The Labute approximate surface area is 210 Å². The first-order chi connectivity index (χ1) is 16.9. The third-order valence-electron chi connectivity index (χ3n) is 6.54. The second kappa shape index (κ2) is 13.2. The quantitative estimate of drug-likeness (QED) is 0.453. The van der Waals surface area contributed by atoms with Crippen LogP contribution < -0.4 is 14.8 Å². The largest absolute Gasteiger partial charge is 0.490 e. The average molecular weight is 481 g/mol. The van der Waals surface area contributed by atoms with Gasteiger partial charge in [-0.1, -0.05) is 48.7 Å². The topological polar surface area (TPSA) is 67.9 Å². The molecule has 0 radical (unpaired) electrons. The van der Waals surface area contributed by atoms with Crippen LogP contribution in [-0.2, 0) is 22.6 Å². The smallest absolute Gasteiger partial charge is 0.242 e. The van der Waals surface area contributed by atoms with E-state index in [1.807, 2.05) is 64.1 Å². The van der Waals surface area contributed by atoms with E-state index >= 15 is 0 Å². The summed E-state index contributed by atoms with van der Waals surface area (Å²) in [4.78, 5) is 28.2. The number of hydrogen-bond donors (Lipinski definition) is 1. The SMILES string of the molecule is CCOc1ccc(CCC(=O)N(Cc2cccc(C)c2)[C@@H](C)C(=O)NC2CCCC2)cc1OCC. The molecule has 35 heavy (non-hydrogen) atoms. The highest BCUT2D eigenvalue weighted by Crippen LogP contribution is 2.29. The van der Waals surface area contributed by atoms with Crippen LogP contribution in [0.25, 0.3) is 0 Å². The van der Waals surface area contributed by atoms with Gasteiger partial charge in [0.25, 0.3) is 0 Å². The molecule has 3 rings (SSSR count). The zero-order valence-corrected chi connectivity index (χ0v) is 21.6. The minimum Gasteiger partial charge on any atom is -0.490 e. The fraction of sp³-hybridized carbons (Fsp3) is 0.517. The predicted octanol–water partition coefficient (Wildman–Crippen LogP) is 5.20. The Morgan fingerprint density at radius 1 is 1.00 bits per heavy atom. The third-order valence-corrected chi connectivity index (χ3v) is 6.54. The lowest BCUT2D eigenvalue weighted by atomic mass is 10.1. The molecule has 2 amide bonds. The van der Waals surface area contributed by atoms with Crippen LogP contribution in [0.1, 0.15) is 69.6 Å². The first kappa shape index (κ1) is 26.6. The van der Waals surface area contributed by atoms with Gasteiger partial charge in [-0.25, -0.2) is 0 Å². The van der Waals surface area contributed by atoms with Crippen molar-refractivity contribution in [1.82, 2.24) is 10.2 Å². The summed E-state index contributed by atoms with van der Waals surface area (Å²) in [6.07, 6.45) is 5.21. The lowest BCUT2D eigenvalue weighted by Crippen LogP contribution is -2.49. The van der Waals surface area contributed by atoms with Crippen molar-refractivity contribution < 1.29 is 19.1 Å². The van der Waals surface area contributed by atoms with Gasteiger partial charge in [0.2, 0.25) is 11.8 Å². The lowest BCUT2D eigenvalue weighted by molar-refractivity contribution is -0.140. The summed E-state index contributed by atoms with van der Waals surface area (Å²) in [7, 11) is 0. The maximum atomic E-state index is 13.5. The zero-order chi connectivity index (χ0) is 25.2. The summed E-state index contributed by atoms with van der Waals surface area (Å²) in [5.74, 6) is 1.30. The highest BCUT2D eigenvalue weighted by Gasteiger charge is 2.28. The predicted molar refractivity (Wildman–Crippen MR) is 139 cm³/mol. The van der Waals surface area contributed by atoms with Gasteiger partial charge in [0.1, 0.15) is 6.04 Å². The molecule has 6 nitrogen and oxygen atoms in total. The Kier molecular flexibility index (Phi) is 10.0. The van der Waals surface area contributed by atoms with E-state index in [1.54, 1.807) is 4.90 Å². The van der Waals surface area contributed by atoms with Gasteiger partial charge in [-0.05, 0) is 70.2 Å². The van der Waals surface area contributed by atoms with Crippen molar-refractivity contribution in [2.45, 2.75) is 84.8 Å². The standard InChI is InChI=1S/C29H40N2O4/c1-5-34-26-16-14-23(19-27(26)35-6-2)15-17-28(32)31(20-24-11-9-10-21(3)18-24)22(4)29(33)30-25-12-7-8-13-25/h9-11,14,16,18-19,22,25H,5-8,12-13,15,17,20H2,1-4H3,(H,30,33)/t22-/m0/s1. The van der Waals surface area contributed by atoms with Crippen molar-refractivity contribution >= 4 is 11.8 Å². The van der Waals surface area contributed by atoms with Crippen LogP contribution >= 0.6 is 0 Å². The molecule has 2 aromatic rings. The first-order valence-corrected chi connectivity index (χ1v) is 12.9. The van der Waals surface area contributed by atoms with E-state index in [4.69, 9.17) is 9.47 Å². The van der Waals surface area contributed by atoms with Crippen molar-refractivity contribution in [3.8, 4) is 11.5 Å². The molecule has 1 saturated carbocycles. The first-order valence-electron chi connectivity index (χ1n) is 12.9. The number of nitrogens with one attached hydrogen (secondary N) is 1. The van der Waals surface area contributed by atoms with Gasteiger partial charge in [-0.15, -0.1) is 0 Å². The number of nitrogens with zero attached hydrogens (tertiary/aromatic N) is 1. The van der Waals surface area contributed by atoms with Crippen molar-refractivity contribution in [1.29, 1.82) is 0 Å². The molecule has 1 aliphatic rings. The Hall–Kier alpha value is -3.02. The number of benzene rings is 2. The van der Waals surface area contributed by atoms with E-state index in [1.165, 1.54) is 0 Å². The highest BCUT2D eigenvalue weighted by molar-refractivity contribution is 5.87. The molecule has 0 bridgehead atoms. The summed E-state index contributed by atoms with van der Waals surface area (Å²) in [5.41, 5.74) is 3.16. The van der Waals surface area contributed by atoms with Crippen LogP contribution in [-0.4, -0.2) is 42.0 Å². The molecule has 1 N–H and O–H groups in total. The van der Waals surface area contributed by atoms with Crippen LogP contribution in [0.2, 0.25) is 0 Å². The summed E-state index contributed by atoms with van der Waals surface area (Å²) < 4.78 is 11.4. The number of carbonyl (C=O) groups excluding carboxylic acids is 2. The van der Waals surface area contributed by atoms with Gasteiger partial charge in [-0.2, -0.15) is 0 Å². The summed E-state index contributed by atoms with van der Waals surface area (Å²) >= 11 is 0. The molecule has 0 spiro atoms. The monoisotopic (exact) mass is 480 g/mol. The second-order valence-corrected chi connectivity index (χ2v) is 9.32. The summed E-state index contributed by atoms with van der Waals surface area (Å²) in [6, 6.07) is 13.6.